The molecule has 0 aliphatic carbocycles. The third kappa shape index (κ3) is 3.20. The minimum atomic E-state index is 0.223. The Morgan fingerprint density at radius 2 is 1.95 bits per heavy atom. The van der Waals surface area contributed by atoms with Gasteiger partial charge in [-0.05, 0) is 17.6 Å². The van der Waals surface area contributed by atoms with Crippen LogP contribution in [0.25, 0.3) is 5.57 Å². The van der Waals surface area contributed by atoms with Gasteiger partial charge in [-0.3, -0.25) is 4.90 Å². The normalized spacial score (nSPS) is 15.7. The molecule has 0 unspecified atom stereocenters. The molecule has 0 saturated heterocycles. The van der Waals surface area contributed by atoms with Gasteiger partial charge in [0, 0.05) is 31.4 Å². The molecule has 0 fully saturated rings. The van der Waals surface area contributed by atoms with E-state index in [9.17, 15) is 0 Å². The molecule has 0 bridgehead atoms. The highest BCUT2D eigenvalue weighted by molar-refractivity contribution is 5.66. The summed E-state index contributed by atoms with van der Waals surface area (Å²) in [6.45, 7) is 2.67. The quantitative estimate of drug-likeness (QED) is 0.898. The van der Waals surface area contributed by atoms with Crippen molar-refractivity contribution in [3.63, 3.8) is 0 Å². The van der Waals surface area contributed by atoms with E-state index >= 15 is 0 Å². The van der Waals surface area contributed by atoms with E-state index in [1.807, 2.05) is 6.07 Å². The maximum atomic E-state index is 5.88. The number of hydrogen-bond acceptors (Lipinski definition) is 5. The van der Waals surface area contributed by atoms with Gasteiger partial charge in [0.1, 0.15) is 5.82 Å². The standard InChI is InChI=1S/C16H19N5/c17-15-14(10-19-16(18)20-15)11-21-8-6-13(7-9-21)12-4-2-1-3-5-12/h1-6,10H,7-9,11H2,(H4,17,18,19,20). The van der Waals surface area contributed by atoms with Gasteiger partial charge in [0.2, 0.25) is 5.95 Å². The van der Waals surface area contributed by atoms with Crippen LogP contribution < -0.4 is 11.5 Å². The predicted molar refractivity (Wildman–Crippen MR) is 85.2 cm³/mol. The Bertz CT molecular complexity index is 651. The first-order valence-corrected chi connectivity index (χ1v) is 7.06. The zero-order chi connectivity index (χ0) is 14.7. The average Bonchev–Trinajstić information content (AvgIpc) is 2.52. The molecule has 2 aromatic rings. The molecular weight excluding hydrogens is 262 g/mol. The van der Waals surface area contributed by atoms with Crippen molar-refractivity contribution in [3.8, 4) is 0 Å². The summed E-state index contributed by atoms with van der Waals surface area (Å²) >= 11 is 0. The van der Waals surface area contributed by atoms with Gasteiger partial charge in [0.05, 0.1) is 0 Å². The second-order valence-corrected chi connectivity index (χ2v) is 5.22. The Morgan fingerprint density at radius 3 is 2.62 bits per heavy atom. The van der Waals surface area contributed by atoms with Crippen LogP contribution in [0.15, 0.2) is 42.6 Å². The van der Waals surface area contributed by atoms with Crippen LogP contribution in [-0.2, 0) is 6.54 Å². The number of nitrogen functional groups attached to an aromatic ring is 2. The van der Waals surface area contributed by atoms with Crippen molar-refractivity contribution in [2.24, 2.45) is 0 Å². The lowest BCUT2D eigenvalue weighted by atomic mass is 9.99. The average molecular weight is 281 g/mol. The van der Waals surface area contributed by atoms with Crippen LogP contribution in [0.1, 0.15) is 17.5 Å². The van der Waals surface area contributed by atoms with Crippen LogP contribution in [0.4, 0.5) is 11.8 Å². The zero-order valence-electron chi connectivity index (χ0n) is 11.9. The second kappa shape index (κ2) is 5.93. The van der Waals surface area contributed by atoms with Crippen molar-refractivity contribution in [3.05, 3.63) is 53.7 Å². The van der Waals surface area contributed by atoms with Crippen molar-refractivity contribution in [1.82, 2.24) is 14.9 Å². The van der Waals surface area contributed by atoms with Gasteiger partial charge in [0.25, 0.3) is 0 Å². The Labute approximate surface area is 124 Å². The molecule has 4 N–H and O–H groups in total. The first-order valence-electron chi connectivity index (χ1n) is 7.06. The van der Waals surface area contributed by atoms with Gasteiger partial charge in [-0.1, -0.05) is 36.4 Å². The summed E-state index contributed by atoms with van der Waals surface area (Å²) in [5, 5.41) is 0. The molecule has 21 heavy (non-hydrogen) atoms. The number of aromatic nitrogens is 2. The maximum Gasteiger partial charge on any atom is 0.221 e. The Balaban J connectivity index is 1.67. The molecule has 2 heterocycles. The molecule has 1 aromatic heterocycles. The van der Waals surface area contributed by atoms with Crippen LogP contribution in [-0.4, -0.2) is 28.0 Å². The van der Waals surface area contributed by atoms with Crippen LogP contribution >= 0.6 is 0 Å². The van der Waals surface area contributed by atoms with Crippen molar-refractivity contribution in [2.45, 2.75) is 13.0 Å². The van der Waals surface area contributed by atoms with Crippen molar-refractivity contribution < 1.29 is 0 Å². The number of anilines is 2. The lowest BCUT2D eigenvalue weighted by Gasteiger charge is -2.26. The smallest absolute Gasteiger partial charge is 0.221 e. The Kier molecular flexibility index (Phi) is 3.83. The lowest BCUT2D eigenvalue weighted by Crippen LogP contribution is -2.28. The van der Waals surface area contributed by atoms with Crippen molar-refractivity contribution in [1.29, 1.82) is 0 Å². The first kappa shape index (κ1) is 13.6. The number of nitrogens with two attached hydrogens (primary N) is 2. The molecule has 1 aliphatic heterocycles. The minimum Gasteiger partial charge on any atom is -0.383 e. The van der Waals surface area contributed by atoms with Crippen LogP contribution in [0.5, 0.6) is 0 Å². The molecule has 3 rings (SSSR count). The molecule has 0 amide bonds. The van der Waals surface area contributed by atoms with Crippen LogP contribution in [0.2, 0.25) is 0 Å². The third-order valence-electron chi connectivity index (χ3n) is 3.75. The van der Waals surface area contributed by atoms with E-state index in [-0.39, 0.29) is 5.95 Å². The fourth-order valence-corrected chi connectivity index (χ4v) is 2.57. The van der Waals surface area contributed by atoms with Crippen LogP contribution in [0, 0.1) is 0 Å². The summed E-state index contributed by atoms with van der Waals surface area (Å²) in [6.07, 6.45) is 5.04. The number of benzene rings is 1. The molecule has 1 aromatic carbocycles. The molecule has 1 aliphatic rings. The maximum absolute atomic E-state index is 5.88. The molecule has 0 spiro atoms. The summed E-state index contributed by atoms with van der Waals surface area (Å²) < 4.78 is 0. The number of nitrogens with zero attached hydrogens (tertiary/aromatic N) is 3. The molecule has 0 saturated carbocycles. The molecule has 0 radical (unpaired) electrons. The van der Waals surface area contributed by atoms with E-state index in [4.69, 9.17) is 11.5 Å². The number of hydrogen-bond donors (Lipinski definition) is 2. The van der Waals surface area contributed by atoms with E-state index in [2.05, 4.69) is 45.2 Å². The van der Waals surface area contributed by atoms with Gasteiger partial charge in [-0.2, -0.15) is 4.98 Å². The number of rotatable bonds is 3. The monoisotopic (exact) mass is 281 g/mol. The fourth-order valence-electron chi connectivity index (χ4n) is 2.57. The molecule has 0 atom stereocenters. The molecular formula is C16H19N5. The first-order chi connectivity index (χ1) is 10.2. The zero-order valence-corrected chi connectivity index (χ0v) is 11.9. The van der Waals surface area contributed by atoms with Gasteiger partial charge in [-0.25, -0.2) is 4.98 Å². The second-order valence-electron chi connectivity index (χ2n) is 5.22. The Hall–Kier alpha value is -2.40. The highest BCUT2D eigenvalue weighted by atomic mass is 15.1. The third-order valence-corrected chi connectivity index (χ3v) is 3.75. The summed E-state index contributed by atoms with van der Waals surface area (Å²) in [6, 6.07) is 10.5. The summed E-state index contributed by atoms with van der Waals surface area (Å²) in [5.41, 5.74) is 15.1. The van der Waals surface area contributed by atoms with Gasteiger partial charge >= 0.3 is 0 Å². The largest absolute Gasteiger partial charge is 0.383 e. The van der Waals surface area contributed by atoms with E-state index in [1.165, 1.54) is 11.1 Å². The van der Waals surface area contributed by atoms with E-state index in [1.54, 1.807) is 6.20 Å². The van der Waals surface area contributed by atoms with Crippen molar-refractivity contribution >= 4 is 17.3 Å². The van der Waals surface area contributed by atoms with Gasteiger partial charge in [-0.15, -0.1) is 0 Å². The van der Waals surface area contributed by atoms with E-state index in [0.717, 1.165) is 31.6 Å². The van der Waals surface area contributed by atoms with Gasteiger partial charge in [0.15, 0.2) is 0 Å². The summed E-state index contributed by atoms with van der Waals surface area (Å²) in [7, 11) is 0. The van der Waals surface area contributed by atoms with Crippen LogP contribution in [0.3, 0.4) is 0 Å². The minimum absolute atomic E-state index is 0.223. The lowest BCUT2D eigenvalue weighted by molar-refractivity contribution is 0.294. The Morgan fingerprint density at radius 1 is 1.14 bits per heavy atom. The molecule has 5 heteroatoms. The summed E-state index contributed by atoms with van der Waals surface area (Å²) in [4.78, 5) is 10.3. The van der Waals surface area contributed by atoms with E-state index in [0.29, 0.717) is 5.82 Å². The predicted octanol–water partition coefficient (Wildman–Crippen LogP) is 1.93. The fraction of sp³-hybridized carbons (Fsp3) is 0.250. The molecule has 108 valence electrons. The summed E-state index contributed by atoms with van der Waals surface area (Å²) in [5.74, 6) is 0.696. The topological polar surface area (TPSA) is 81.1 Å². The SMILES string of the molecule is Nc1ncc(CN2CC=C(c3ccccc3)CC2)c(N)n1. The molecule has 5 nitrogen and oxygen atoms in total. The highest BCUT2D eigenvalue weighted by Gasteiger charge is 2.14. The van der Waals surface area contributed by atoms with Gasteiger partial charge < -0.3 is 11.5 Å². The van der Waals surface area contributed by atoms with E-state index < -0.39 is 0 Å². The van der Waals surface area contributed by atoms with Crippen molar-refractivity contribution in [2.75, 3.05) is 24.6 Å². The highest BCUT2D eigenvalue weighted by Crippen LogP contribution is 2.23.